The number of carbonyl (C=O) groups is 2. The Morgan fingerprint density at radius 2 is 1.85 bits per heavy atom. The molecule has 0 saturated heterocycles. The monoisotopic (exact) mass is 578 g/mol. The van der Waals surface area contributed by atoms with Gasteiger partial charge in [0.05, 0.1) is 18.3 Å². The Morgan fingerprint density at radius 1 is 1.07 bits per heavy atom. The quantitative estimate of drug-likeness (QED) is 0.136. The molecule has 0 aliphatic heterocycles. The summed E-state index contributed by atoms with van der Waals surface area (Å²) >= 11 is 3.21. The van der Waals surface area contributed by atoms with Crippen LogP contribution >= 0.6 is 22.7 Å². The minimum atomic E-state index is -0.317. The van der Waals surface area contributed by atoms with Gasteiger partial charge in [-0.1, -0.05) is 31.4 Å². The number of thiazole rings is 1. The first-order valence-corrected chi connectivity index (χ1v) is 15.8. The SMILES string of the molecule is CCOC(=O)/C(C)=C\C(C)=C\c1csc([C@H](Cc2ccc(OCc3ccsc3)cc2)NC(=O)C2CCCCC2)n1. The molecule has 1 amide bonds. The Hall–Kier alpha value is -3.23. The predicted molar refractivity (Wildman–Crippen MR) is 162 cm³/mol. The number of esters is 1. The van der Waals surface area contributed by atoms with Crippen LogP contribution in [0.4, 0.5) is 0 Å². The molecule has 6 nitrogen and oxygen atoms in total. The van der Waals surface area contributed by atoms with Crippen LogP contribution in [0.2, 0.25) is 0 Å². The van der Waals surface area contributed by atoms with Crippen LogP contribution in [-0.2, 0) is 27.4 Å². The molecular weight excluding hydrogens is 540 g/mol. The van der Waals surface area contributed by atoms with E-state index in [2.05, 4.69) is 28.9 Å². The Labute approximate surface area is 245 Å². The number of rotatable bonds is 12. The van der Waals surface area contributed by atoms with Crippen molar-refractivity contribution in [2.75, 3.05) is 6.61 Å². The van der Waals surface area contributed by atoms with Gasteiger partial charge in [0, 0.05) is 16.9 Å². The molecule has 4 rings (SSSR count). The van der Waals surface area contributed by atoms with Crippen LogP contribution in [0.15, 0.2) is 63.7 Å². The van der Waals surface area contributed by atoms with Crippen LogP contribution < -0.4 is 10.1 Å². The van der Waals surface area contributed by atoms with Gasteiger partial charge in [0.25, 0.3) is 0 Å². The van der Waals surface area contributed by atoms with E-state index in [0.717, 1.165) is 58.8 Å². The van der Waals surface area contributed by atoms with E-state index < -0.39 is 0 Å². The summed E-state index contributed by atoms with van der Waals surface area (Å²) in [6.07, 6.45) is 9.72. The Kier molecular flexibility index (Phi) is 11.1. The molecule has 0 radical (unpaired) electrons. The van der Waals surface area contributed by atoms with Crippen LogP contribution in [0.1, 0.15) is 80.7 Å². The molecule has 212 valence electrons. The second-order valence-corrected chi connectivity index (χ2v) is 11.9. The normalized spacial score (nSPS) is 15.5. The van der Waals surface area contributed by atoms with Crippen molar-refractivity contribution in [2.24, 2.45) is 5.92 Å². The number of hydrogen-bond acceptors (Lipinski definition) is 7. The lowest BCUT2D eigenvalue weighted by molar-refractivity contribution is -0.138. The average molecular weight is 579 g/mol. The number of carbonyl (C=O) groups excluding carboxylic acids is 2. The Morgan fingerprint density at radius 3 is 2.55 bits per heavy atom. The van der Waals surface area contributed by atoms with Gasteiger partial charge in [-0.3, -0.25) is 4.79 Å². The molecule has 0 unspecified atom stereocenters. The summed E-state index contributed by atoms with van der Waals surface area (Å²) in [4.78, 5) is 30.1. The molecule has 1 aromatic carbocycles. The van der Waals surface area contributed by atoms with E-state index in [-0.39, 0.29) is 23.8 Å². The molecule has 2 heterocycles. The number of ether oxygens (including phenoxy) is 2. The maximum absolute atomic E-state index is 13.2. The summed E-state index contributed by atoms with van der Waals surface area (Å²) in [6.45, 7) is 6.37. The zero-order valence-corrected chi connectivity index (χ0v) is 25.1. The number of nitrogens with one attached hydrogen (secondary N) is 1. The van der Waals surface area contributed by atoms with Gasteiger partial charge in [-0.15, -0.1) is 11.3 Å². The maximum atomic E-state index is 13.2. The van der Waals surface area contributed by atoms with Crippen molar-refractivity contribution in [3.63, 3.8) is 0 Å². The lowest BCUT2D eigenvalue weighted by Gasteiger charge is -2.24. The van der Waals surface area contributed by atoms with Gasteiger partial charge in [-0.2, -0.15) is 11.3 Å². The van der Waals surface area contributed by atoms with Crippen molar-refractivity contribution < 1.29 is 19.1 Å². The highest BCUT2D eigenvalue weighted by molar-refractivity contribution is 7.09. The van der Waals surface area contributed by atoms with Crippen LogP contribution in [0.3, 0.4) is 0 Å². The Bertz CT molecular complexity index is 1300. The molecule has 1 saturated carbocycles. The zero-order valence-electron chi connectivity index (χ0n) is 23.5. The molecule has 1 atom stereocenters. The summed E-state index contributed by atoms with van der Waals surface area (Å²) in [5.74, 6) is 0.697. The molecule has 1 aliphatic rings. The third-order valence-electron chi connectivity index (χ3n) is 6.90. The van der Waals surface area contributed by atoms with Gasteiger partial charge >= 0.3 is 5.97 Å². The fourth-order valence-electron chi connectivity index (χ4n) is 4.80. The number of nitrogens with zero attached hydrogens (tertiary/aromatic N) is 1. The molecular formula is C32H38N2O4S2. The van der Waals surface area contributed by atoms with E-state index in [1.807, 2.05) is 35.9 Å². The van der Waals surface area contributed by atoms with Crippen molar-refractivity contribution >= 4 is 40.6 Å². The standard InChI is InChI=1S/C32H38N2O4S2/c1-4-37-32(36)23(3)16-22(2)17-27-21-40-31(33-27)29(34-30(35)26-8-6-5-7-9-26)18-24-10-12-28(13-11-24)38-19-25-14-15-39-20-25/h10-17,20-21,26,29H,4-9,18-19H2,1-3H3,(H,34,35)/b22-17+,23-16-/t29-/m0/s1. The second kappa shape index (κ2) is 15.0. The molecule has 40 heavy (non-hydrogen) atoms. The number of thiophene rings is 1. The number of aromatic nitrogens is 1. The van der Waals surface area contributed by atoms with Gasteiger partial charge in [-0.05, 0) is 97.8 Å². The van der Waals surface area contributed by atoms with Gasteiger partial charge < -0.3 is 14.8 Å². The first kappa shape index (κ1) is 29.7. The summed E-state index contributed by atoms with van der Waals surface area (Å²) in [7, 11) is 0. The number of allylic oxidation sites excluding steroid dienone is 2. The molecule has 8 heteroatoms. The third kappa shape index (κ3) is 8.89. The van der Waals surface area contributed by atoms with Gasteiger partial charge in [0.1, 0.15) is 17.4 Å². The Balaban J connectivity index is 1.48. The number of benzene rings is 1. The summed E-state index contributed by atoms with van der Waals surface area (Å²) in [5.41, 5.74) is 4.53. The highest BCUT2D eigenvalue weighted by Gasteiger charge is 2.25. The fourth-order valence-corrected chi connectivity index (χ4v) is 6.28. The molecule has 0 spiro atoms. The molecule has 0 bridgehead atoms. The molecule has 1 N–H and O–H groups in total. The van der Waals surface area contributed by atoms with Crippen LogP contribution in [-0.4, -0.2) is 23.5 Å². The fraction of sp³-hybridized carbons (Fsp3) is 0.406. The third-order valence-corrected chi connectivity index (χ3v) is 8.60. The van der Waals surface area contributed by atoms with E-state index in [1.54, 1.807) is 42.6 Å². The topological polar surface area (TPSA) is 77.5 Å². The first-order chi connectivity index (χ1) is 19.4. The van der Waals surface area contributed by atoms with Crippen LogP contribution in [0, 0.1) is 5.92 Å². The van der Waals surface area contributed by atoms with Crippen molar-refractivity contribution in [2.45, 2.75) is 71.9 Å². The second-order valence-electron chi connectivity index (χ2n) is 10.2. The van der Waals surface area contributed by atoms with Gasteiger partial charge in [-0.25, -0.2) is 9.78 Å². The molecule has 1 fully saturated rings. The van der Waals surface area contributed by atoms with E-state index >= 15 is 0 Å². The van der Waals surface area contributed by atoms with E-state index in [9.17, 15) is 9.59 Å². The highest BCUT2D eigenvalue weighted by Crippen LogP contribution is 2.28. The lowest BCUT2D eigenvalue weighted by Crippen LogP contribution is -2.35. The smallest absolute Gasteiger partial charge is 0.333 e. The maximum Gasteiger partial charge on any atom is 0.333 e. The van der Waals surface area contributed by atoms with Crippen molar-refractivity contribution in [3.05, 3.63) is 85.5 Å². The van der Waals surface area contributed by atoms with Crippen molar-refractivity contribution in [3.8, 4) is 5.75 Å². The van der Waals surface area contributed by atoms with Gasteiger partial charge in [0.15, 0.2) is 0 Å². The van der Waals surface area contributed by atoms with Crippen LogP contribution in [0.5, 0.6) is 5.75 Å². The van der Waals surface area contributed by atoms with E-state index in [1.165, 1.54) is 6.42 Å². The summed E-state index contributed by atoms with van der Waals surface area (Å²) in [6, 6.07) is 9.93. The molecule has 2 aromatic heterocycles. The highest BCUT2D eigenvalue weighted by atomic mass is 32.1. The summed E-state index contributed by atoms with van der Waals surface area (Å²) < 4.78 is 11.0. The zero-order chi connectivity index (χ0) is 28.3. The van der Waals surface area contributed by atoms with Crippen molar-refractivity contribution in [1.29, 1.82) is 0 Å². The predicted octanol–water partition coefficient (Wildman–Crippen LogP) is 7.68. The van der Waals surface area contributed by atoms with Crippen LogP contribution in [0.25, 0.3) is 6.08 Å². The number of amides is 1. The number of hydrogen-bond donors (Lipinski definition) is 1. The average Bonchev–Trinajstić information content (AvgIpc) is 3.65. The minimum Gasteiger partial charge on any atom is -0.489 e. The first-order valence-electron chi connectivity index (χ1n) is 13.9. The molecule has 3 aromatic rings. The summed E-state index contributed by atoms with van der Waals surface area (Å²) in [5, 5.41) is 10.3. The largest absolute Gasteiger partial charge is 0.489 e. The molecule has 1 aliphatic carbocycles. The van der Waals surface area contributed by atoms with E-state index in [0.29, 0.717) is 25.2 Å². The minimum absolute atomic E-state index is 0.0710. The lowest BCUT2D eigenvalue weighted by atomic mass is 9.88. The van der Waals surface area contributed by atoms with Crippen molar-refractivity contribution in [1.82, 2.24) is 10.3 Å². The van der Waals surface area contributed by atoms with E-state index in [4.69, 9.17) is 14.5 Å². The van der Waals surface area contributed by atoms with Gasteiger partial charge in [0.2, 0.25) is 5.91 Å².